The first-order valence-electron chi connectivity index (χ1n) is 9.48. The van der Waals surface area contributed by atoms with Gasteiger partial charge in [-0.15, -0.1) is 0 Å². The van der Waals surface area contributed by atoms with Gasteiger partial charge in [0.05, 0.1) is 13.7 Å². The lowest BCUT2D eigenvalue weighted by atomic mass is 9.92. The molecular weight excluding hydrogens is 366 g/mol. The van der Waals surface area contributed by atoms with Crippen LogP contribution in [0, 0.1) is 0 Å². The number of aryl methyl sites for hydroxylation is 1. The predicted molar refractivity (Wildman–Crippen MR) is 112 cm³/mol. The van der Waals surface area contributed by atoms with Crippen LogP contribution in [0.25, 0.3) is 22.3 Å². The third-order valence-corrected chi connectivity index (χ3v) is 4.68. The number of aromatic nitrogens is 1. The summed E-state index contributed by atoms with van der Waals surface area (Å²) < 4.78 is 10.4. The molecule has 29 heavy (non-hydrogen) atoms. The standard InChI is InChI=1S/C24H23NO4/c1-3-29-24(27)11-7-18-14-21(28-2)8-10-22(18)17-6-9-23(20(13-17)16-26)19-5-4-12-25-15-19/h4-6,8-10,12-16H,3,7,11H2,1-2H3. The van der Waals surface area contributed by atoms with Crippen LogP contribution in [0.4, 0.5) is 0 Å². The largest absolute Gasteiger partial charge is 0.497 e. The minimum absolute atomic E-state index is 0.234. The first kappa shape index (κ1) is 20.3. The van der Waals surface area contributed by atoms with Gasteiger partial charge in [-0.05, 0) is 59.9 Å². The summed E-state index contributed by atoms with van der Waals surface area (Å²) in [7, 11) is 1.61. The molecule has 3 rings (SSSR count). The SMILES string of the molecule is CCOC(=O)CCc1cc(OC)ccc1-c1ccc(-c2cccnc2)c(C=O)c1. The van der Waals surface area contributed by atoms with Gasteiger partial charge in [0.2, 0.25) is 0 Å². The van der Waals surface area contributed by atoms with Gasteiger partial charge in [-0.2, -0.15) is 0 Å². The molecule has 0 aliphatic carbocycles. The molecule has 0 radical (unpaired) electrons. The molecule has 1 heterocycles. The lowest BCUT2D eigenvalue weighted by molar-refractivity contribution is -0.143. The van der Waals surface area contributed by atoms with Crippen molar-refractivity contribution < 1.29 is 19.1 Å². The van der Waals surface area contributed by atoms with Gasteiger partial charge >= 0.3 is 5.97 Å². The Kier molecular flexibility index (Phi) is 6.74. The normalized spacial score (nSPS) is 10.4. The zero-order valence-corrected chi connectivity index (χ0v) is 16.6. The molecule has 0 spiro atoms. The molecule has 0 aliphatic rings. The summed E-state index contributed by atoms with van der Waals surface area (Å²) in [4.78, 5) is 27.7. The number of pyridine rings is 1. The van der Waals surface area contributed by atoms with Crippen molar-refractivity contribution in [3.8, 4) is 28.0 Å². The Morgan fingerprint density at radius 1 is 1.07 bits per heavy atom. The summed E-state index contributed by atoms with van der Waals surface area (Å²) in [5, 5.41) is 0. The highest BCUT2D eigenvalue weighted by Crippen LogP contribution is 2.32. The van der Waals surface area contributed by atoms with Crippen molar-refractivity contribution in [1.82, 2.24) is 4.98 Å². The van der Waals surface area contributed by atoms with E-state index in [1.807, 2.05) is 48.5 Å². The van der Waals surface area contributed by atoms with Crippen LogP contribution in [-0.2, 0) is 16.0 Å². The fourth-order valence-corrected chi connectivity index (χ4v) is 3.27. The molecule has 5 heteroatoms. The summed E-state index contributed by atoms with van der Waals surface area (Å²) in [5.74, 6) is 0.483. The molecule has 0 aliphatic heterocycles. The van der Waals surface area contributed by atoms with E-state index in [1.165, 1.54) is 0 Å². The Bertz CT molecular complexity index is 999. The van der Waals surface area contributed by atoms with Gasteiger partial charge in [-0.25, -0.2) is 0 Å². The third-order valence-electron chi connectivity index (χ3n) is 4.68. The second-order valence-corrected chi connectivity index (χ2v) is 6.49. The highest BCUT2D eigenvalue weighted by Gasteiger charge is 2.13. The van der Waals surface area contributed by atoms with Crippen molar-refractivity contribution in [1.29, 1.82) is 0 Å². The van der Waals surface area contributed by atoms with E-state index in [4.69, 9.17) is 9.47 Å². The second kappa shape index (κ2) is 9.64. The zero-order valence-electron chi connectivity index (χ0n) is 16.6. The van der Waals surface area contributed by atoms with Gasteiger partial charge in [-0.1, -0.05) is 24.3 Å². The third kappa shape index (κ3) is 4.88. The lowest BCUT2D eigenvalue weighted by Crippen LogP contribution is -2.06. The van der Waals surface area contributed by atoms with Crippen LogP contribution in [0.15, 0.2) is 60.9 Å². The van der Waals surface area contributed by atoms with E-state index < -0.39 is 0 Å². The molecule has 0 atom stereocenters. The average Bonchev–Trinajstić information content (AvgIpc) is 2.77. The molecule has 0 saturated heterocycles. The number of benzene rings is 2. The Labute approximate surface area is 170 Å². The lowest BCUT2D eigenvalue weighted by Gasteiger charge is -2.14. The Morgan fingerprint density at radius 2 is 1.90 bits per heavy atom. The first-order valence-corrected chi connectivity index (χ1v) is 9.48. The van der Waals surface area contributed by atoms with Crippen LogP contribution >= 0.6 is 0 Å². The van der Waals surface area contributed by atoms with E-state index in [9.17, 15) is 9.59 Å². The fraction of sp³-hybridized carbons (Fsp3) is 0.208. The summed E-state index contributed by atoms with van der Waals surface area (Å²) >= 11 is 0. The molecule has 0 saturated carbocycles. The number of methoxy groups -OCH3 is 1. The molecular formula is C24H23NO4. The predicted octanol–water partition coefficient (Wildman–Crippen LogP) is 4.73. The quantitative estimate of drug-likeness (QED) is 0.411. The van der Waals surface area contributed by atoms with Gasteiger partial charge in [0.25, 0.3) is 0 Å². The monoisotopic (exact) mass is 389 g/mol. The molecule has 1 aromatic heterocycles. The molecule has 0 N–H and O–H groups in total. The van der Waals surface area contributed by atoms with Gasteiger partial charge in [0.15, 0.2) is 6.29 Å². The highest BCUT2D eigenvalue weighted by molar-refractivity contribution is 5.90. The summed E-state index contributed by atoms with van der Waals surface area (Å²) in [6, 6.07) is 15.3. The van der Waals surface area contributed by atoms with Crippen LogP contribution in [0.1, 0.15) is 29.3 Å². The number of ether oxygens (including phenoxy) is 2. The smallest absolute Gasteiger partial charge is 0.306 e. The minimum Gasteiger partial charge on any atom is -0.497 e. The van der Waals surface area contributed by atoms with E-state index in [2.05, 4.69) is 4.98 Å². The first-order chi connectivity index (χ1) is 14.2. The van der Waals surface area contributed by atoms with E-state index in [0.717, 1.165) is 39.9 Å². The van der Waals surface area contributed by atoms with E-state index in [-0.39, 0.29) is 12.4 Å². The Morgan fingerprint density at radius 3 is 2.59 bits per heavy atom. The number of rotatable bonds is 8. The van der Waals surface area contributed by atoms with Gasteiger partial charge < -0.3 is 9.47 Å². The zero-order chi connectivity index (χ0) is 20.6. The van der Waals surface area contributed by atoms with E-state index >= 15 is 0 Å². The maximum atomic E-state index is 11.8. The number of aldehydes is 1. The average molecular weight is 389 g/mol. The molecule has 0 bridgehead atoms. The van der Waals surface area contributed by atoms with Crippen molar-refractivity contribution in [2.75, 3.05) is 13.7 Å². The Hall–Kier alpha value is -3.47. The van der Waals surface area contributed by atoms with E-state index in [0.29, 0.717) is 18.6 Å². The number of hydrogen-bond acceptors (Lipinski definition) is 5. The van der Waals surface area contributed by atoms with Gasteiger partial charge in [0.1, 0.15) is 5.75 Å². The van der Waals surface area contributed by atoms with Crippen LogP contribution in [-0.4, -0.2) is 31.0 Å². The second-order valence-electron chi connectivity index (χ2n) is 6.49. The fourth-order valence-electron chi connectivity index (χ4n) is 3.27. The van der Waals surface area contributed by atoms with Crippen molar-refractivity contribution in [2.24, 2.45) is 0 Å². The molecule has 5 nitrogen and oxygen atoms in total. The van der Waals surface area contributed by atoms with Crippen molar-refractivity contribution in [3.63, 3.8) is 0 Å². The van der Waals surface area contributed by atoms with Crippen molar-refractivity contribution >= 4 is 12.3 Å². The van der Waals surface area contributed by atoms with Gasteiger partial charge in [0, 0.05) is 29.9 Å². The number of nitrogens with zero attached hydrogens (tertiary/aromatic N) is 1. The summed E-state index contributed by atoms with van der Waals surface area (Å²) in [6.07, 6.45) is 5.09. The van der Waals surface area contributed by atoms with Crippen LogP contribution in [0.5, 0.6) is 5.75 Å². The van der Waals surface area contributed by atoms with Crippen LogP contribution in [0.2, 0.25) is 0 Å². The highest BCUT2D eigenvalue weighted by atomic mass is 16.5. The molecule has 2 aromatic carbocycles. The number of esters is 1. The number of hydrogen-bond donors (Lipinski definition) is 0. The van der Waals surface area contributed by atoms with Crippen molar-refractivity contribution in [3.05, 3.63) is 72.1 Å². The minimum atomic E-state index is -0.234. The summed E-state index contributed by atoms with van der Waals surface area (Å²) in [6.45, 7) is 2.15. The van der Waals surface area contributed by atoms with Crippen molar-refractivity contribution in [2.45, 2.75) is 19.8 Å². The Balaban J connectivity index is 1.99. The molecule has 148 valence electrons. The number of carbonyl (C=O) groups excluding carboxylic acids is 2. The topological polar surface area (TPSA) is 65.5 Å². The number of carbonyl (C=O) groups is 2. The maximum Gasteiger partial charge on any atom is 0.306 e. The summed E-state index contributed by atoms with van der Waals surface area (Å²) in [5.41, 5.74) is 5.13. The van der Waals surface area contributed by atoms with Crippen LogP contribution < -0.4 is 4.74 Å². The molecule has 0 fully saturated rings. The molecule has 0 unspecified atom stereocenters. The van der Waals surface area contributed by atoms with Gasteiger partial charge in [-0.3, -0.25) is 14.6 Å². The van der Waals surface area contributed by atoms with Crippen LogP contribution in [0.3, 0.4) is 0 Å². The maximum absolute atomic E-state index is 11.8. The van der Waals surface area contributed by atoms with E-state index in [1.54, 1.807) is 26.4 Å². The molecule has 3 aromatic rings. The molecule has 0 amide bonds.